The van der Waals surface area contributed by atoms with Crippen LogP contribution in [-0.2, 0) is 0 Å². The SMILES string of the molecule is F.F.F.S. The first-order chi connectivity index (χ1) is 0. The van der Waals surface area contributed by atoms with E-state index in [2.05, 4.69) is 0 Å². The molecule has 0 aromatic rings. The highest BCUT2D eigenvalue weighted by atomic mass is 32.1. The van der Waals surface area contributed by atoms with Crippen LogP contribution in [0.1, 0.15) is 0 Å². The van der Waals surface area contributed by atoms with Gasteiger partial charge in [-0.25, -0.2) is 0 Å². The Labute approximate surface area is 28.7 Å². The summed E-state index contributed by atoms with van der Waals surface area (Å²) in [6.45, 7) is 0. The molecule has 0 rings (SSSR count). The number of hydrogen-bond donors (Lipinski definition) is 0. The van der Waals surface area contributed by atoms with Crippen molar-refractivity contribution in [2.75, 3.05) is 0 Å². The zero-order chi connectivity index (χ0) is 0. The Morgan fingerprint density at radius 1 is 0.500 bits per heavy atom. The third kappa shape index (κ3) is 142. The van der Waals surface area contributed by atoms with Crippen molar-refractivity contribution < 1.29 is 14.1 Å². The molecule has 0 nitrogen and oxygen atoms in total. The van der Waals surface area contributed by atoms with Crippen LogP contribution in [0, 0.1) is 0 Å². The molecule has 4 heteroatoms. The van der Waals surface area contributed by atoms with Crippen LogP contribution in [0.5, 0.6) is 0 Å². The van der Waals surface area contributed by atoms with E-state index in [9.17, 15) is 0 Å². The van der Waals surface area contributed by atoms with Crippen molar-refractivity contribution in [2.24, 2.45) is 0 Å². The van der Waals surface area contributed by atoms with Gasteiger partial charge in [0.15, 0.2) is 0 Å². The minimum absolute atomic E-state index is 0. The molecule has 0 aliphatic carbocycles. The van der Waals surface area contributed by atoms with Gasteiger partial charge < -0.3 is 0 Å². The first-order valence-electron chi connectivity index (χ1n) is 0. The molecule has 0 fully saturated rings. The van der Waals surface area contributed by atoms with Crippen LogP contribution in [0.2, 0.25) is 0 Å². The van der Waals surface area contributed by atoms with Crippen molar-refractivity contribution in [3.05, 3.63) is 0 Å². The fourth-order valence-electron chi connectivity index (χ4n) is 0. The Kier molecular flexibility index (Phi) is 382000. The number of halogens is 3. The third-order valence-electron chi connectivity index (χ3n) is 0. The van der Waals surface area contributed by atoms with Gasteiger partial charge >= 0.3 is 0 Å². The molecule has 0 N–H and O–H groups in total. The monoisotopic (exact) mass is 94.0 g/mol. The molecule has 32 valence electrons. The number of hydrogen-bond acceptors (Lipinski definition) is 0. The van der Waals surface area contributed by atoms with Gasteiger partial charge in [-0.3, -0.25) is 14.1 Å². The first kappa shape index (κ1) is 2080. The normalized spacial score (nSPS) is 0. The molecule has 0 aliphatic heterocycles. The summed E-state index contributed by atoms with van der Waals surface area (Å²) in [5, 5.41) is 0. The molecule has 0 bridgehead atoms. The van der Waals surface area contributed by atoms with Crippen LogP contribution in [0.25, 0.3) is 0 Å². The second-order valence-electron chi connectivity index (χ2n) is 0. The molecule has 0 atom stereocenters. The Balaban J connectivity index is 0. The smallest absolute Gasteiger partial charge is 0.197 e. The molecule has 4 heavy (non-hydrogen) atoms. The predicted octanol–water partition coefficient (Wildman–Crippen LogP) is 0.570. The summed E-state index contributed by atoms with van der Waals surface area (Å²) >= 11 is 0. The molecule has 0 aliphatic rings. The molecule has 0 aromatic carbocycles. The van der Waals surface area contributed by atoms with Crippen molar-refractivity contribution in [3.63, 3.8) is 0 Å². The summed E-state index contributed by atoms with van der Waals surface area (Å²) in [5.41, 5.74) is 0. The molecule has 0 radical (unpaired) electrons. The summed E-state index contributed by atoms with van der Waals surface area (Å²) in [6.07, 6.45) is 0. The van der Waals surface area contributed by atoms with Gasteiger partial charge in [0.1, 0.15) is 0 Å². The van der Waals surface area contributed by atoms with Gasteiger partial charge in [0.25, 0.3) is 0 Å². The summed E-state index contributed by atoms with van der Waals surface area (Å²) < 4.78 is 0. The van der Waals surface area contributed by atoms with E-state index in [1.54, 1.807) is 0 Å². The largest absolute Gasteiger partial charge is 0.269 e. The summed E-state index contributed by atoms with van der Waals surface area (Å²) in [4.78, 5) is 0. The maximum absolute atomic E-state index is 0. The van der Waals surface area contributed by atoms with Crippen molar-refractivity contribution in [2.45, 2.75) is 0 Å². The highest BCUT2D eigenvalue weighted by Crippen LogP contribution is 0.648. The lowest BCUT2D eigenvalue weighted by molar-refractivity contribution is 1.11. The zero-order valence-corrected chi connectivity index (χ0v) is 2.72. The van der Waals surface area contributed by atoms with Crippen molar-refractivity contribution in [1.82, 2.24) is 0 Å². The van der Waals surface area contributed by atoms with Crippen LogP contribution < -0.4 is 0 Å². The van der Waals surface area contributed by atoms with Crippen LogP contribution in [0.4, 0.5) is 14.1 Å². The van der Waals surface area contributed by atoms with Gasteiger partial charge in [0, 0.05) is 0 Å². The van der Waals surface area contributed by atoms with E-state index < -0.39 is 0 Å². The fraction of sp³-hybridized carbons (Fsp3) is 0. The second-order valence-corrected chi connectivity index (χ2v) is 0. The Hall–Kier alpha value is 0.140. The molecule has 0 saturated carbocycles. The van der Waals surface area contributed by atoms with E-state index in [1.165, 1.54) is 0 Å². The maximum atomic E-state index is 0. The van der Waals surface area contributed by atoms with Crippen LogP contribution in [0.15, 0.2) is 0 Å². The molecule has 0 unspecified atom stereocenters. The summed E-state index contributed by atoms with van der Waals surface area (Å²) in [6, 6.07) is 0. The predicted molar refractivity (Wildman–Crippen MR) is 17.9 cm³/mol. The Morgan fingerprint density at radius 3 is 0.500 bits per heavy atom. The van der Waals surface area contributed by atoms with E-state index in [0.717, 1.165) is 0 Å². The van der Waals surface area contributed by atoms with E-state index in [-0.39, 0.29) is 27.6 Å². The minimum atomic E-state index is 0. The van der Waals surface area contributed by atoms with Gasteiger partial charge in [0.05, 0.1) is 0 Å². The van der Waals surface area contributed by atoms with E-state index in [1.807, 2.05) is 0 Å². The zero-order valence-electron chi connectivity index (χ0n) is 1.72. The topological polar surface area (TPSA) is 0 Å². The van der Waals surface area contributed by atoms with Crippen molar-refractivity contribution >= 4 is 13.5 Å². The Morgan fingerprint density at radius 2 is 0.500 bits per heavy atom. The molecular weight excluding hydrogens is 89.1 g/mol. The van der Waals surface area contributed by atoms with E-state index in [0.29, 0.717) is 0 Å². The molecule has 0 spiro atoms. The van der Waals surface area contributed by atoms with E-state index in [4.69, 9.17) is 0 Å². The first-order valence-corrected chi connectivity index (χ1v) is 0. The molecule has 0 aromatic heterocycles. The lowest BCUT2D eigenvalue weighted by atomic mass is 19.0. The summed E-state index contributed by atoms with van der Waals surface area (Å²) in [5.74, 6) is 0. The minimum Gasteiger partial charge on any atom is -0.269 e. The van der Waals surface area contributed by atoms with Crippen molar-refractivity contribution in [1.29, 1.82) is 0 Å². The molecule has 0 heterocycles. The maximum Gasteiger partial charge on any atom is -0.197 e. The average Bonchev–Trinajstić information content (AvgIpc) is 0. The quantitative estimate of drug-likeness (QED) is 0.411. The van der Waals surface area contributed by atoms with Crippen LogP contribution in [-0.4, -0.2) is 0 Å². The summed E-state index contributed by atoms with van der Waals surface area (Å²) in [7, 11) is 0. The third-order valence-corrected chi connectivity index (χ3v) is 0. The van der Waals surface area contributed by atoms with Gasteiger partial charge in [-0.15, -0.1) is 0 Å². The highest BCUT2D eigenvalue weighted by Gasteiger charge is -0.197. The Bertz CT molecular complexity index is 3.25. The molecule has 0 amide bonds. The lowest BCUT2D eigenvalue weighted by Crippen LogP contribution is 0.419. The van der Waals surface area contributed by atoms with Crippen LogP contribution >= 0.6 is 13.5 Å². The highest BCUT2D eigenvalue weighted by molar-refractivity contribution is 7.59. The fourth-order valence-corrected chi connectivity index (χ4v) is 0. The van der Waals surface area contributed by atoms with Gasteiger partial charge in [-0.1, -0.05) is 0 Å². The molecular formula is H5F3S. The van der Waals surface area contributed by atoms with E-state index >= 15 is 0 Å². The van der Waals surface area contributed by atoms with Crippen LogP contribution in [0.3, 0.4) is 0 Å². The lowest BCUT2D eigenvalue weighted by Gasteiger charge is -0.270. The number of rotatable bonds is 0. The van der Waals surface area contributed by atoms with Gasteiger partial charge in [0.2, 0.25) is 0 Å². The van der Waals surface area contributed by atoms with Crippen molar-refractivity contribution in [3.8, 4) is 0 Å². The average molecular weight is 94.1 g/mol. The van der Waals surface area contributed by atoms with Gasteiger partial charge in [-0.2, -0.15) is 13.5 Å². The standard InChI is InChI=1S/3FH.H2S/h3*1H;1H2. The second kappa shape index (κ2) is 734. The van der Waals surface area contributed by atoms with Gasteiger partial charge in [-0.05, 0) is 0 Å². The molecule has 0 saturated heterocycles.